The molecule has 8 atom stereocenters. The molecule has 0 amide bonds. The highest BCUT2D eigenvalue weighted by Crippen LogP contribution is 2.68. The average Bonchev–Trinajstić information content (AvgIpc) is 3.64. The Kier molecular flexibility index (Phi) is 5.97. The van der Waals surface area contributed by atoms with Gasteiger partial charge in [-0.2, -0.15) is 0 Å². The molecule has 0 spiro atoms. The number of esters is 2. The van der Waals surface area contributed by atoms with Gasteiger partial charge < -0.3 is 9.47 Å². The maximum atomic E-state index is 13.5. The average molecular weight is 487 g/mol. The molecule has 0 N–H and O–H groups in total. The number of carbonyl (C=O) groups excluding carboxylic acids is 2. The van der Waals surface area contributed by atoms with Crippen molar-refractivity contribution in [3.63, 3.8) is 0 Å². The highest BCUT2D eigenvalue weighted by Gasteiger charge is 2.68. The molecule has 36 heavy (non-hydrogen) atoms. The van der Waals surface area contributed by atoms with E-state index in [1.165, 1.54) is 19.3 Å². The molecule has 4 nitrogen and oxygen atoms in total. The minimum Gasteiger partial charge on any atom is -0.454 e. The van der Waals surface area contributed by atoms with Crippen molar-refractivity contribution in [2.24, 2.45) is 35.5 Å². The third-order valence-electron chi connectivity index (χ3n) is 9.84. The van der Waals surface area contributed by atoms with Gasteiger partial charge in [0, 0.05) is 11.8 Å². The van der Waals surface area contributed by atoms with Crippen LogP contribution in [0.5, 0.6) is 0 Å². The first-order valence-corrected chi connectivity index (χ1v) is 13.9. The number of fused-ring (bicyclic) bond motifs is 9. The molecule has 0 heterocycles. The Morgan fingerprint density at radius 2 is 1.08 bits per heavy atom. The topological polar surface area (TPSA) is 52.6 Å². The Morgan fingerprint density at radius 3 is 1.50 bits per heavy atom. The largest absolute Gasteiger partial charge is 0.454 e. The van der Waals surface area contributed by atoms with Gasteiger partial charge in [0.05, 0.1) is 11.1 Å². The number of ether oxygens (including phenoxy) is 2. The molecule has 4 saturated carbocycles. The number of carbonyl (C=O) groups is 2. The van der Waals surface area contributed by atoms with Gasteiger partial charge in [-0.25, -0.2) is 9.59 Å². The second kappa shape index (κ2) is 9.04. The summed E-state index contributed by atoms with van der Waals surface area (Å²) >= 11 is 0. The monoisotopic (exact) mass is 486 g/mol. The highest BCUT2D eigenvalue weighted by atomic mass is 16.6. The van der Waals surface area contributed by atoms with Crippen LogP contribution in [0.4, 0.5) is 0 Å². The fourth-order valence-corrected chi connectivity index (χ4v) is 8.53. The van der Waals surface area contributed by atoms with E-state index < -0.39 is 0 Å². The van der Waals surface area contributed by atoms with Gasteiger partial charge >= 0.3 is 11.9 Å². The first kappa shape index (κ1) is 23.8. The molecule has 190 valence electrons. The van der Waals surface area contributed by atoms with E-state index >= 15 is 0 Å². The van der Waals surface area contributed by atoms with E-state index in [9.17, 15) is 9.59 Å². The van der Waals surface area contributed by atoms with Gasteiger partial charge in [0.15, 0.2) is 0 Å². The van der Waals surface area contributed by atoms with Crippen molar-refractivity contribution < 1.29 is 19.1 Å². The molecule has 4 aliphatic rings. The van der Waals surface area contributed by atoms with Crippen LogP contribution in [0.2, 0.25) is 0 Å². The number of benzene rings is 2. The molecule has 0 radical (unpaired) electrons. The third kappa shape index (κ3) is 3.71. The minimum atomic E-state index is -0.363. The van der Waals surface area contributed by atoms with Gasteiger partial charge in [0.2, 0.25) is 0 Å². The summed E-state index contributed by atoms with van der Waals surface area (Å²) in [6.07, 6.45) is 4.19. The van der Waals surface area contributed by atoms with Crippen molar-refractivity contribution in [1.82, 2.24) is 0 Å². The molecule has 0 saturated heterocycles. The Morgan fingerprint density at radius 1 is 0.667 bits per heavy atom. The van der Waals surface area contributed by atoms with Crippen LogP contribution in [0.15, 0.2) is 48.5 Å². The summed E-state index contributed by atoms with van der Waals surface area (Å²) in [5, 5.41) is 0. The van der Waals surface area contributed by atoms with E-state index in [-0.39, 0.29) is 36.0 Å². The van der Waals surface area contributed by atoms with Crippen molar-refractivity contribution in [2.45, 2.75) is 77.4 Å². The molecule has 4 bridgehead atoms. The highest BCUT2D eigenvalue weighted by molar-refractivity contribution is 5.92. The van der Waals surface area contributed by atoms with Gasteiger partial charge in [-0.3, -0.25) is 0 Å². The van der Waals surface area contributed by atoms with Crippen LogP contribution in [-0.2, 0) is 9.47 Å². The van der Waals surface area contributed by atoms with Gasteiger partial charge in [0.1, 0.15) is 12.2 Å². The lowest BCUT2D eigenvalue weighted by molar-refractivity contribution is -0.0891. The minimum absolute atomic E-state index is 0.227. The Balaban J connectivity index is 1.30. The molecule has 4 fully saturated rings. The van der Waals surface area contributed by atoms with Crippen LogP contribution in [-0.4, -0.2) is 24.1 Å². The number of hydrogen-bond acceptors (Lipinski definition) is 4. The second-order valence-electron chi connectivity index (χ2n) is 12.3. The number of hydrogen-bond donors (Lipinski definition) is 0. The summed E-state index contributed by atoms with van der Waals surface area (Å²) in [6.45, 7) is 8.39. The lowest BCUT2D eigenvalue weighted by Crippen LogP contribution is -2.48. The molecule has 2 aromatic rings. The lowest BCUT2D eigenvalue weighted by atomic mass is 9.69. The smallest absolute Gasteiger partial charge is 0.338 e. The summed E-state index contributed by atoms with van der Waals surface area (Å²) in [5.41, 5.74) is 3.27. The third-order valence-corrected chi connectivity index (χ3v) is 9.84. The van der Waals surface area contributed by atoms with E-state index in [0.717, 1.165) is 29.4 Å². The van der Waals surface area contributed by atoms with E-state index in [0.29, 0.717) is 34.8 Å². The van der Waals surface area contributed by atoms with Crippen molar-refractivity contribution in [3.05, 3.63) is 70.8 Å². The zero-order chi connectivity index (χ0) is 25.1. The molecule has 4 heteroatoms. The molecule has 6 rings (SSSR count). The van der Waals surface area contributed by atoms with Gasteiger partial charge in [0.25, 0.3) is 0 Å². The second-order valence-corrected chi connectivity index (χ2v) is 12.3. The van der Waals surface area contributed by atoms with E-state index in [4.69, 9.17) is 9.47 Å². The van der Waals surface area contributed by atoms with Crippen molar-refractivity contribution in [1.29, 1.82) is 0 Å². The SMILES string of the molecule is CC(C)c1ccccc1C(=O)OC1C2CC(C1OC(=O)c1ccccc1C(C)C)C1C3CCC(C3)C21. The molecule has 8 unspecified atom stereocenters. The van der Waals surface area contributed by atoms with Crippen LogP contribution in [0.3, 0.4) is 0 Å². The Hall–Kier alpha value is -2.62. The van der Waals surface area contributed by atoms with E-state index in [1.54, 1.807) is 0 Å². The van der Waals surface area contributed by atoms with Crippen LogP contribution >= 0.6 is 0 Å². The van der Waals surface area contributed by atoms with Gasteiger partial charge in [-0.1, -0.05) is 64.1 Å². The standard InChI is InChI=1S/C32H38O4/c1-17(2)21-9-5-7-11-23(21)31(33)35-29-25-16-26(28-20-14-13-19(15-20)27(25)28)30(29)36-32(34)24-12-8-6-10-22(24)18(3)4/h5-12,17-20,25-30H,13-16H2,1-4H3. The molecule has 2 aromatic carbocycles. The number of rotatable bonds is 6. The van der Waals surface area contributed by atoms with E-state index in [2.05, 4.69) is 27.7 Å². The normalized spacial score (nSPS) is 33.8. The zero-order valence-electron chi connectivity index (χ0n) is 21.9. The predicted octanol–water partition coefficient (Wildman–Crippen LogP) is 7.00. The first-order valence-electron chi connectivity index (χ1n) is 13.9. The summed E-state index contributed by atoms with van der Waals surface area (Å²) < 4.78 is 12.7. The van der Waals surface area contributed by atoms with Crippen LogP contribution in [0.1, 0.15) is 97.1 Å². The van der Waals surface area contributed by atoms with Crippen molar-refractivity contribution in [2.75, 3.05) is 0 Å². The zero-order valence-corrected chi connectivity index (χ0v) is 21.9. The summed E-state index contributed by atoms with van der Waals surface area (Å²) in [6, 6.07) is 15.5. The van der Waals surface area contributed by atoms with Crippen molar-refractivity contribution >= 4 is 11.9 Å². The van der Waals surface area contributed by atoms with E-state index in [1.807, 2.05) is 48.5 Å². The predicted molar refractivity (Wildman–Crippen MR) is 139 cm³/mol. The van der Waals surface area contributed by atoms with Crippen LogP contribution < -0.4 is 0 Å². The fraction of sp³-hybridized carbons (Fsp3) is 0.562. The summed E-state index contributed by atoms with van der Waals surface area (Å²) in [5.74, 6) is 3.21. The van der Waals surface area contributed by atoms with Crippen LogP contribution in [0.25, 0.3) is 0 Å². The van der Waals surface area contributed by atoms with Crippen LogP contribution in [0, 0.1) is 35.5 Å². The first-order chi connectivity index (χ1) is 17.3. The molecular weight excluding hydrogens is 448 g/mol. The summed E-state index contributed by atoms with van der Waals surface area (Å²) in [7, 11) is 0. The quantitative estimate of drug-likeness (QED) is 0.326. The summed E-state index contributed by atoms with van der Waals surface area (Å²) in [4.78, 5) is 27.1. The lowest BCUT2D eigenvalue weighted by Gasteiger charge is -2.42. The molecular formula is C32H38O4. The maximum absolute atomic E-state index is 13.5. The van der Waals surface area contributed by atoms with Gasteiger partial charge in [-0.05, 0) is 84.5 Å². The fourth-order valence-electron chi connectivity index (χ4n) is 8.53. The maximum Gasteiger partial charge on any atom is 0.338 e. The Bertz CT molecular complexity index is 1080. The van der Waals surface area contributed by atoms with Crippen molar-refractivity contribution in [3.8, 4) is 0 Å². The molecule has 4 aliphatic carbocycles. The van der Waals surface area contributed by atoms with Gasteiger partial charge in [-0.15, -0.1) is 0 Å². The molecule has 0 aliphatic heterocycles. The Labute approximate surface area is 214 Å². The molecule has 0 aromatic heterocycles.